The number of rotatable bonds is 1. The van der Waals surface area contributed by atoms with Crippen molar-refractivity contribution in [3.8, 4) is 0 Å². The minimum Gasteiger partial charge on any atom is -0.353 e. The third-order valence-electron chi connectivity index (χ3n) is 4.69. The fourth-order valence-electron chi connectivity index (χ4n) is 3.75. The summed E-state index contributed by atoms with van der Waals surface area (Å²) in [4.78, 5) is 11.9. The van der Waals surface area contributed by atoms with Crippen LogP contribution >= 0.6 is 0 Å². The highest BCUT2D eigenvalue weighted by atomic mass is 16.2. The molecule has 1 amide bonds. The zero-order valence-electron chi connectivity index (χ0n) is 9.92. The largest absolute Gasteiger partial charge is 0.353 e. The monoisotopic (exact) mass is 207 g/mol. The van der Waals surface area contributed by atoms with Crippen molar-refractivity contribution in [3.05, 3.63) is 0 Å². The predicted molar refractivity (Wildman–Crippen MR) is 59.2 cm³/mol. The van der Waals surface area contributed by atoms with E-state index in [0.29, 0.717) is 6.04 Å². The molecule has 5 atom stereocenters. The van der Waals surface area contributed by atoms with Crippen LogP contribution < -0.4 is 5.32 Å². The first-order chi connectivity index (χ1) is 6.97. The van der Waals surface area contributed by atoms with Crippen LogP contribution in [0.25, 0.3) is 0 Å². The van der Waals surface area contributed by atoms with E-state index in [1.165, 1.54) is 19.3 Å². The van der Waals surface area contributed by atoms with Gasteiger partial charge in [0.15, 0.2) is 0 Å². The van der Waals surface area contributed by atoms with Crippen molar-refractivity contribution in [1.82, 2.24) is 5.32 Å². The normalized spacial score (nSPS) is 46.5. The molecule has 0 aromatic rings. The molecular formula is C13H21NO. The van der Waals surface area contributed by atoms with Gasteiger partial charge >= 0.3 is 0 Å². The van der Waals surface area contributed by atoms with Crippen LogP contribution in [-0.2, 0) is 4.79 Å². The van der Waals surface area contributed by atoms with Crippen LogP contribution in [0.15, 0.2) is 0 Å². The quantitative estimate of drug-likeness (QED) is 0.701. The van der Waals surface area contributed by atoms with Crippen molar-refractivity contribution in [1.29, 1.82) is 0 Å². The number of carbonyl (C=O) groups is 1. The average molecular weight is 207 g/mol. The van der Waals surface area contributed by atoms with E-state index in [0.717, 1.165) is 23.7 Å². The molecule has 0 unspecified atom stereocenters. The highest BCUT2D eigenvalue weighted by Gasteiger charge is 2.61. The van der Waals surface area contributed by atoms with E-state index in [-0.39, 0.29) is 11.3 Å². The maximum Gasteiger partial charge on any atom is 0.225 e. The lowest BCUT2D eigenvalue weighted by Gasteiger charge is -2.27. The second-order valence-electron chi connectivity index (χ2n) is 6.79. The van der Waals surface area contributed by atoms with Crippen LogP contribution in [0.2, 0.25) is 0 Å². The van der Waals surface area contributed by atoms with Gasteiger partial charge in [0.1, 0.15) is 0 Å². The number of hydrogen-bond acceptors (Lipinski definition) is 1. The SMILES string of the molecule is CC(C)(C)C(=O)N[C@@H]1C[C@H]2C[C@H]1[C@@H]1C[C@H]21. The van der Waals surface area contributed by atoms with Gasteiger partial charge in [-0.3, -0.25) is 4.79 Å². The molecule has 3 saturated carbocycles. The summed E-state index contributed by atoms with van der Waals surface area (Å²) in [6.07, 6.45) is 4.11. The molecule has 0 saturated heterocycles. The molecule has 2 nitrogen and oxygen atoms in total. The number of fused-ring (bicyclic) bond motifs is 5. The Morgan fingerprint density at radius 3 is 2.33 bits per heavy atom. The summed E-state index contributed by atoms with van der Waals surface area (Å²) in [7, 11) is 0. The lowest BCUT2D eigenvalue weighted by atomic mass is 9.91. The first-order valence-electron chi connectivity index (χ1n) is 6.28. The van der Waals surface area contributed by atoms with E-state index >= 15 is 0 Å². The molecule has 1 N–H and O–H groups in total. The molecule has 0 heterocycles. The molecule has 3 aliphatic carbocycles. The van der Waals surface area contributed by atoms with Gasteiger partial charge < -0.3 is 5.32 Å². The van der Waals surface area contributed by atoms with Gasteiger partial charge in [-0.2, -0.15) is 0 Å². The highest BCUT2D eigenvalue weighted by Crippen LogP contribution is 2.65. The fraction of sp³-hybridized carbons (Fsp3) is 0.923. The van der Waals surface area contributed by atoms with Crippen molar-refractivity contribution >= 4 is 5.91 Å². The van der Waals surface area contributed by atoms with Crippen LogP contribution in [0.4, 0.5) is 0 Å². The van der Waals surface area contributed by atoms with Crippen LogP contribution in [-0.4, -0.2) is 11.9 Å². The summed E-state index contributed by atoms with van der Waals surface area (Å²) in [6.45, 7) is 5.99. The summed E-state index contributed by atoms with van der Waals surface area (Å²) < 4.78 is 0. The molecule has 0 aliphatic heterocycles. The zero-order valence-corrected chi connectivity index (χ0v) is 9.92. The van der Waals surface area contributed by atoms with Gasteiger partial charge in [0, 0.05) is 11.5 Å². The van der Waals surface area contributed by atoms with Crippen molar-refractivity contribution < 1.29 is 4.79 Å². The molecule has 3 fully saturated rings. The Labute approximate surface area is 91.8 Å². The standard InChI is InChI=1S/C13H21NO/c1-13(2,3)12(15)14-11-5-7-4-10(11)9-6-8(7)9/h7-11H,4-6H2,1-3H3,(H,14,15)/t7-,8-,9-,10+,11-/m1/s1. The van der Waals surface area contributed by atoms with E-state index in [1.807, 2.05) is 20.8 Å². The van der Waals surface area contributed by atoms with Gasteiger partial charge in [0.2, 0.25) is 5.91 Å². The number of carbonyl (C=O) groups excluding carboxylic acids is 1. The lowest BCUT2D eigenvalue weighted by Crippen LogP contribution is -2.44. The van der Waals surface area contributed by atoms with Crippen LogP contribution in [0, 0.1) is 29.1 Å². The molecule has 3 aliphatic rings. The van der Waals surface area contributed by atoms with E-state index in [9.17, 15) is 4.79 Å². The smallest absolute Gasteiger partial charge is 0.225 e. The molecule has 0 radical (unpaired) electrons. The molecule has 2 bridgehead atoms. The van der Waals surface area contributed by atoms with Crippen LogP contribution in [0.1, 0.15) is 40.0 Å². The topological polar surface area (TPSA) is 29.1 Å². The second-order valence-corrected chi connectivity index (χ2v) is 6.79. The van der Waals surface area contributed by atoms with Gasteiger partial charge in [-0.1, -0.05) is 20.8 Å². The average Bonchev–Trinajstić information content (AvgIpc) is 2.74. The van der Waals surface area contributed by atoms with Gasteiger partial charge in [-0.25, -0.2) is 0 Å². The number of nitrogens with one attached hydrogen (secondary N) is 1. The molecular weight excluding hydrogens is 186 g/mol. The molecule has 0 spiro atoms. The van der Waals surface area contributed by atoms with Crippen molar-refractivity contribution in [3.63, 3.8) is 0 Å². The molecule has 0 aromatic heterocycles. The van der Waals surface area contributed by atoms with Crippen molar-refractivity contribution in [2.45, 2.75) is 46.1 Å². The summed E-state index contributed by atoms with van der Waals surface area (Å²) in [5, 5.41) is 3.27. The van der Waals surface area contributed by atoms with E-state index in [2.05, 4.69) is 5.32 Å². The van der Waals surface area contributed by atoms with Crippen molar-refractivity contribution in [2.24, 2.45) is 29.1 Å². The maximum atomic E-state index is 11.9. The third-order valence-corrected chi connectivity index (χ3v) is 4.69. The minimum atomic E-state index is -0.231. The summed E-state index contributed by atoms with van der Waals surface area (Å²) in [6, 6.07) is 0.505. The summed E-state index contributed by atoms with van der Waals surface area (Å²) >= 11 is 0. The molecule has 0 aromatic carbocycles. The zero-order chi connectivity index (χ0) is 10.8. The molecule has 3 rings (SSSR count). The molecule has 2 heteroatoms. The molecule has 15 heavy (non-hydrogen) atoms. The third kappa shape index (κ3) is 1.41. The van der Waals surface area contributed by atoms with Crippen LogP contribution in [0.3, 0.4) is 0 Å². The van der Waals surface area contributed by atoms with Gasteiger partial charge in [0.25, 0.3) is 0 Å². The summed E-state index contributed by atoms with van der Waals surface area (Å²) in [5.74, 6) is 4.04. The Morgan fingerprint density at radius 1 is 1.07 bits per heavy atom. The van der Waals surface area contributed by atoms with Gasteiger partial charge in [-0.05, 0) is 42.9 Å². The first kappa shape index (κ1) is 9.68. The Balaban J connectivity index is 1.64. The van der Waals surface area contributed by atoms with E-state index < -0.39 is 0 Å². The van der Waals surface area contributed by atoms with Crippen molar-refractivity contribution in [2.75, 3.05) is 0 Å². The lowest BCUT2D eigenvalue weighted by molar-refractivity contribution is -0.129. The van der Waals surface area contributed by atoms with E-state index in [4.69, 9.17) is 0 Å². The summed E-state index contributed by atoms with van der Waals surface area (Å²) in [5.41, 5.74) is -0.231. The Hall–Kier alpha value is -0.530. The van der Waals surface area contributed by atoms with Gasteiger partial charge in [-0.15, -0.1) is 0 Å². The molecule has 84 valence electrons. The fourth-order valence-corrected chi connectivity index (χ4v) is 3.75. The van der Waals surface area contributed by atoms with Crippen LogP contribution in [0.5, 0.6) is 0 Å². The second kappa shape index (κ2) is 2.78. The maximum absolute atomic E-state index is 11.9. The Morgan fingerprint density at radius 2 is 1.80 bits per heavy atom. The predicted octanol–water partition coefficient (Wildman–Crippen LogP) is 2.19. The Bertz CT molecular complexity index is 304. The van der Waals surface area contributed by atoms with Gasteiger partial charge in [0.05, 0.1) is 0 Å². The number of amides is 1. The number of hydrogen-bond donors (Lipinski definition) is 1. The highest BCUT2D eigenvalue weighted by molar-refractivity contribution is 5.81. The minimum absolute atomic E-state index is 0.231. The van der Waals surface area contributed by atoms with E-state index in [1.54, 1.807) is 0 Å². The Kier molecular flexibility index (Phi) is 1.79. The first-order valence-corrected chi connectivity index (χ1v) is 6.28.